The standard InChI is InChI=1S/C35H25N3/c1-3-8-25(9-4-1)27-12-16-31(17-13-27)38-24-30-22-29(35-36-20-7-21-37-35)14-18-32(30)33-23-28(15-19-34(33)38)26-10-5-2-6-11-26/h1-23H,24H2. The molecule has 2 heterocycles. The normalized spacial score (nSPS) is 12.1. The van der Waals surface area contributed by atoms with Gasteiger partial charge in [0.05, 0.1) is 0 Å². The molecule has 0 aliphatic carbocycles. The van der Waals surface area contributed by atoms with Crippen LogP contribution in [0.3, 0.4) is 0 Å². The molecule has 0 fully saturated rings. The summed E-state index contributed by atoms with van der Waals surface area (Å²) in [5, 5.41) is 0. The summed E-state index contributed by atoms with van der Waals surface area (Å²) >= 11 is 0. The molecule has 0 amide bonds. The van der Waals surface area contributed by atoms with Gasteiger partial charge in [-0.3, -0.25) is 0 Å². The van der Waals surface area contributed by atoms with Gasteiger partial charge in [-0.05, 0) is 69.8 Å². The van der Waals surface area contributed by atoms with Gasteiger partial charge in [-0.2, -0.15) is 0 Å². The lowest BCUT2D eigenvalue weighted by Crippen LogP contribution is -2.21. The molecule has 180 valence electrons. The van der Waals surface area contributed by atoms with Gasteiger partial charge in [0.25, 0.3) is 0 Å². The zero-order valence-corrected chi connectivity index (χ0v) is 20.8. The maximum atomic E-state index is 4.49. The minimum absolute atomic E-state index is 0.748. The summed E-state index contributed by atoms with van der Waals surface area (Å²) in [4.78, 5) is 11.4. The van der Waals surface area contributed by atoms with Gasteiger partial charge in [0, 0.05) is 41.4 Å². The van der Waals surface area contributed by atoms with Crippen LogP contribution in [-0.4, -0.2) is 9.97 Å². The topological polar surface area (TPSA) is 29.0 Å². The predicted molar refractivity (Wildman–Crippen MR) is 156 cm³/mol. The van der Waals surface area contributed by atoms with Crippen LogP contribution in [0.25, 0.3) is 44.8 Å². The number of nitrogens with zero attached hydrogens (tertiary/aromatic N) is 3. The highest BCUT2D eigenvalue weighted by molar-refractivity contribution is 5.91. The van der Waals surface area contributed by atoms with Gasteiger partial charge in [0.2, 0.25) is 0 Å². The third-order valence-electron chi connectivity index (χ3n) is 7.23. The van der Waals surface area contributed by atoms with E-state index in [2.05, 4.69) is 136 Å². The van der Waals surface area contributed by atoms with Gasteiger partial charge in [-0.15, -0.1) is 0 Å². The molecule has 6 aromatic rings. The van der Waals surface area contributed by atoms with Crippen molar-refractivity contribution in [2.75, 3.05) is 4.90 Å². The fourth-order valence-corrected chi connectivity index (χ4v) is 5.32. The molecule has 0 unspecified atom stereocenters. The molecule has 0 bridgehead atoms. The molecule has 0 N–H and O–H groups in total. The molecule has 3 heteroatoms. The summed E-state index contributed by atoms with van der Waals surface area (Å²) in [6, 6.07) is 45.3. The van der Waals surface area contributed by atoms with E-state index >= 15 is 0 Å². The molecule has 38 heavy (non-hydrogen) atoms. The molecular weight excluding hydrogens is 462 g/mol. The summed E-state index contributed by atoms with van der Waals surface area (Å²) in [5.41, 5.74) is 12.1. The highest BCUT2D eigenvalue weighted by atomic mass is 15.1. The first kappa shape index (κ1) is 22.2. The lowest BCUT2D eigenvalue weighted by molar-refractivity contribution is 0.961. The Bertz CT molecular complexity index is 1710. The van der Waals surface area contributed by atoms with Gasteiger partial charge in [-0.25, -0.2) is 9.97 Å². The number of fused-ring (bicyclic) bond motifs is 3. The first-order valence-corrected chi connectivity index (χ1v) is 12.9. The number of hydrogen-bond donors (Lipinski definition) is 0. The third kappa shape index (κ3) is 4.04. The van der Waals surface area contributed by atoms with Crippen LogP contribution in [0, 0.1) is 0 Å². The van der Waals surface area contributed by atoms with Gasteiger partial charge < -0.3 is 4.90 Å². The van der Waals surface area contributed by atoms with Crippen molar-refractivity contribution < 1.29 is 0 Å². The number of rotatable bonds is 4. The Hall–Kier alpha value is -5.02. The zero-order valence-electron chi connectivity index (χ0n) is 20.8. The van der Waals surface area contributed by atoms with Crippen molar-refractivity contribution in [1.82, 2.24) is 9.97 Å². The van der Waals surface area contributed by atoms with Crippen LogP contribution in [-0.2, 0) is 6.54 Å². The second kappa shape index (κ2) is 9.45. The van der Waals surface area contributed by atoms with E-state index in [0.29, 0.717) is 0 Å². The Labute approximate surface area is 222 Å². The maximum Gasteiger partial charge on any atom is 0.159 e. The average Bonchev–Trinajstić information content (AvgIpc) is 3.01. The largest absolute Gasteiger partial charge is 0.336 e. The summed E-state index contributed by atoms with van der Waals surface area (Å²) in [6.45, 7) is 0.776. The lowest BCUT2D eigenvalue weighted by atomic mass is 9.89. The molecule has 0 radical (unpaired) electrons. The molecule has 5 aromatic carbocycles. The molecular formula is C35H25N3. The fourth-order valence-electron chi connectivity index (χ4n) is 5.32. The van der Waals surface area contributed by atoms with E-state index in [4.69, 9.17) is 0 Å². The summed E-state index contributed by atoms with van der Waals surface area (Å²) in [7, 11) is 0. The first-order valence-electron chi connectivity index (χ1n) is 12.9. The van der Waals surface area contributed by atoms with Crippen LogP contribution in [0.5, 0.6) is 0 Å². The Balaban J connectivity index is 1.35. The van der Waals surface area contributed by atoms with E-state index in [1.165, 1.54) is 50.3 Å². The fraction of sp³-hybridized carbons (Fsp3) is 0.0286. The Morgan fingerprint density at radius 2 is 1.08 bits per heavy atom. The number of anilines is 2. The second-order valence-electron chi connectivity index (χ2n) is 9.54. The van der Waals surface area contributed by atoms with E-state index in [1.54, 1.807) is 12.4 Å². The Morgan fingerprint density at radius 3 is 1.79 bits per heavy atom. The molecule has 0 atom stereocenters. The van der Waals surface area contributed by atoms with Crippen LogP contribution >= 0.6 is 0 Å². The minimum atomic E-state index is 0.748. The van der Waals surface area contributed by atoms with Gasteiger partial charge >= 0.3 is 0 Å². The summed E-state index contributed by atoms with van der Waals surface area (Å²) in [6.07, 6.45) is 3.59. The van der Waals surface area contributed by atoms with Gasteiger partial charge in [0.1, 0.15) is 0 Å². The van der Waals surface area contributed by atoms with Crippen LogP contribution in [0.4, 0.5) is 11.4 Å². The summed E-state index contributed by atoms with van der Waals surface area (Å²) < 4.78 is 0. The van der Waals surface area contributed by atoms with Crippen molar-refractivity contribution in [3.05, 3.63) is 145 Å². The molecule has 7 rings (SSSR count). The van der Waals surface area contributed by atoms with E-state index in [0.717, 1.165) is 17.9 Å². The van der Waals surface area contributed by atoms with E-state index in [1.807, 2.05) is 6.07 Å². The smallest absolute Gasteiger partial charge is 0.159 e. The maximum absolute atomic E-state index is 4.49. The highest BCUT2D eigenvalue weighted by Gasteiger charge is 2.24. The van der Waals surface area contributed by atoms with Crippen molar-refractivity contribution in [2.45, 2.75) is 6.54 Å². The Morgan fingerprint density at radius 1 is 0.474 bits per heavy atom. The Kier molecular flexibility index (Phi) is 5.52. The highest BCUT2D eigenvalue weighted by Crippen LogP contribution is 2.45. The zero-order chi connectivity index (χ0) is 25.3. The van der Waals surface area contributed by atoms with Crippen LogP contribution < -0.4 is 4.90 Å². The molecule has 0 spiro atoms. The van der Waals surface area contributed by atoms with Crippen molar-refractivity contribution in [1.29, 1.82) is 0 Å². The molecule has 1 aromatic heterocycles. The molecule has 3 nitrogen and oxygen atoms in total. The van der Waals surface area contributed by atoms with Crippen molar-refractivity contribution in [3.63, 3.8) is 0 Å². The van der Waals surface area contributed by atoms with E-state index in [9.17, 15) is 0 Å². The van der Waals surface area contributed by atoms with E-state index in [-0.39, 0.29) is 0 Å². The molecule has 0 saturated heterocycles. The van der Waals surface area contributed by atoms with Crippen LogP contribution in [0.2, 0.25) is 0 Å². The third-order valence-corrected chi connectivity index (χ3v) is 7.23. The predicted octanol–water partition coefficient (Wildman–Crippen LogP) is 8.80. The molecule has 0 saturated carbocycles. The summed E-state index contributed by atoms with van der Waals surface area (Å²) in [5.74, 6) is 0.748. The second-order valence-corrected chi connectivity index (χ2v) is 9.54. The number of aromatic nitrogens is 2. The number of hydrogen-bond acceptors (Lipinski definition) is 3. The van der Waals surface area contributed by atoms with E-state index < -0.39 is 0 Å². The minimum Gasteiger partial charge on any atom is -0.336 e. The lowest BCUT2D eigenvalue weighted by Gasteiger charge is -2.34. The van der Waals surface area contributed by atoms with Crippen molar-refractivity contribution in [2.24, 2.45) is 0 Å². The van der Waals surface area contributed by atoms with Crippen LogP contribution in [0.15, 0.2) is 140 Å². The quantitative estimate of drug-likeness (QED) is 0.249. The van der Waals surface area contributed by atoms with Crippen molar-refractivity contribution in [3.8, 4) is 44.8 Å². The average molecular weight is 488 g/mol. The molecule has 1 aliphatic heterocycles. The van der Waals surface area contributed by atoms with Crippen molar-refractivity contribution >= 4 is 11.4 Å². The van der Waals surface area contributed by atoms with Crippen LogP contribution in [0.1, 0.15) is 5.56 Å². The number of benzene rings is 5. The molecule has 1 aliphatic rings. The monoisotopic (exact) mass is 487 g/mol. The van der Waals surface area contributed by atoms with Gasteiger partial charge in [0.15, 0.2) is 5.82 Å². The van der Waals surface area contributed by atoms with Gasteiger partial charge in [-0.1, -0.05) is 91.0 Å². The first-order chi connectivity index (χ1) is 18.8. The SMILES string of the molecule is c1ccc(-c2ccc(N3Cc4cc(-c5ncccn5)ccc4-c4cc(-c5ccccc5)ccc43)cc2)cc1.